The molecule has 0 aliphatic carbocycles. The third kappa shape index (κ3) is 12.0. The molecule has 2 N–H and O–H groups in total. The first-order chi connectivity index (χ1) is 11.2. The number of aliphatic carboxylic acids is 1. The van der Waals surface area contributed by atoms with Gasteiger partial charge in [-0.25, -0.2) is 0 Å². The SMILES string of the molecule is CCCCCCCCCCCC1=[N+](CC(=O)[O-])CCN1CCO.[Na+].[OH-]. The molecule has 0 aromatic carbocycles. The van der Waals surface area contributed by atoms with E-state index in [-0.39, 0.29) is 48.2 Å². The van der Waals surface area contributed by atoms with Crippen LogP contribution < -0.4 is 34.7 Å². The smallest absolute Gasteiger partial charge is 0.870 e. The van der Waals surface area contributed by atoms with E-state index in [0.717, 1.165) is 31.8 Å². The second-order valence-electron chi connectivity index (χ2n) is 6.50. The molecule has 6 nitrogen and oxygen atoms in total. The van der Waals surface area contributed by atoms with Crippen molar-refractivity contribution in [3.8, 4) is 0 Å². The van der Waals surface area contributed by atoms with Gasteiger partial charge in [-0.1, -0.05) is 58.3 Å². The van der Waals surface area contributed by atoms with E-state index in [4.69, 9.17) is 5.11 Å². The number of nitrogens with zero attached hydrogens (tertiary/aromatic N) is 2. The van der Waals surface area contributed by atoms with Gasteiger partial charge >= 0.3 is 29.6 Å². The zero-order valence-electron chi connectivity index (χ0n) is 16.2. The summed E-state index contributed by atoms with van der Waals surface area (Å²) in [7, 11) is 0. The summed E-state index contributed by atoms with van der Waals surface area (Å²) in [6, 6.07) is 0. The van der Waals surface area contributed by atoms with Crippen LogP contribution in [0.15, 0.2) is 0 Å². The van der Waals surface area contributed by atoms with Crippen molar-refractivity contribution in [1.82, 2.24) is 4.90 Å². The van der Waals surface area contributed by atoms with Gasteiger partial charge in [-0.15, -0.1) is 0 Å². The molecule has 142 valence electrons. The number of rotatable bonds is 14. The number of hydrogen-bond acceptors (Lipinski definition) is 5. The Labute approximate surface area is 174 Å². The van der Waals surface area contributed by atoms with Crippen molar-refractivity contribution in [2.45, 2.75) is 71.1 Å². The molecule has 1 aliphatic heterocycles. The van der Waals surface area contributed by atoms with Crippen molar-refractivity contribution < 1.29 is 54.6 Å². The number of carbonyl (C=O) groups is 1. The zero-order chi connectivity index (χ0) is 16.9. The van der Waals surface area contributed by atoms with E-state index in [2.05, 4.69) is 11.8 Å². The average Bonchev–Trinajstić information content (AvgIpc) is 2.87. The van der Waals surface area contributed by atoms with E-state index < -0.39 is 5.97 Å². The van der Waals surface area contributed by atoms with Crippen molar-refractivity contribution in [1.29, 1.82) is 0 Å². The normalized spacial score (nSPS) is 13.6. The first-order valence-electron chi connectivity index (χ1n) is 9.35. The summed E-state index contributed by atoms with van der Waals surface area (Å²) in [5, 5.41) is 20.0. The Morgan fingerprint density at radius 1 is 1.12 bits per heavy atom. The summed E-state index contributed by atoms with van der Waals surface area (Å²) in [6.45, 7) is 4.44. The molecule has 0 bridgehead atoms. The van der Waals surface area contributed by atoms with Gasteiger partial charge in [0.1, 0.15) is 26.2 Å². The molecule has 0 amide bonds. The monoisotopic (exact) mass is 366 g/mol. The third-order valence-electron chi connectivity index (χ3n) is 4.56. The van der Waals surface area contributed by atoms with E-state index in [0.29, 0.717) is 6.54 Å². The van der Waals surface area contributed by atoms with Gasteiger partial charge in [-0.3, -0.25) is 9.48 Å². The van der Waals surface area contributed by atoms with Gasteiger partial charge in [-0.05, 0) is 6.42 Å². The number of β-amino-alcohol motifs (C(OH)–C–C–N with tert-alkyl or cyclic N) is 1. The van der Waals surface area contributed by atoms with Gasteiger partial charge in [0.25, 0.3) is 0 Å². The van der Waals surface area contributed by atoms with E-state index in [1.807, 2.05) is 4.58 Å². The van der Waals surface area contributed by atoms with Gasteiger partial charge in [0.2, 0.25) is 5.84 Å². The van der Waals surface area contributed by atoms with Crippen LogP contribution in [0.4, 0.5) is 0 Å². The zero-order valence-corrected chi connectivity index (χ0v) is 18.2. The molecule has 1 aliphatic rings. The number of aliphatic hydroxyl groups excluding tert-OH is 1. The van der Waals surface area contributed by atoms with Crippen molar-refractivity contribution in [3.05, 3.63) is 0 Å². The minimum absolute atomic E-state index is 0. The fraction of sp³-hybridized carbons (Fsp3) is 0.889. The molecule has 0 saturated carbocycles. The Bertz CT molecular complexity index is 378. The van der Waals surface area contributed by atoms with Crippen LogP contribution in [0.1, 0.15) is 71.1 Å². The number of carbonyl (C=O) groups excluding carboxylic acids is 1. The Balaban J connectivity index is 0. The van der Waals surface area contributed by atoms with Gasteiger partial charge in [0.15, 0.2) is 0 Å². The second-order valence-corrected chi connectivity index (χ2v) is 6.50. The van der Waals surface area contributed by atoms with Gasteiger partial charge in [0, 0.05) is 6.42 Å². The number of hydrogen-bond donors (Lipinski definition) is 1. The van der Waals surface area contributed by atoms with Crippen molar-refractivity contribution in [3.63, 3.8) is 0 Å². The largest absolute Gasteiger partial charge is 1.00 e. The Kier molecular flexibility index (Phi) is 18.7. The minimum atomic E-state index is -1.03. The van der Waals surface area contributed by atoms with Crippen LogP contribution in [-0.2, 0) is 4.79 Å². The average molecular weight is 366 g/mol. The van der Waals surface area contributed by atoms with Gasteiger partial charge < -0.3 is 20.5 Å². The molecular weight excluding hydrogens is 331 g/mol. The Morgan fingerprint density at radius 3 is 2.20 bits per heavy atom. The van der Waals surface area contributed by atoms with E-state index >= 15 is 0 Å². The molecule has 0 spiro atoms. The number of amidine groups is 1. The Morgan fingerprint density at radius 2 is 1.68 bits per heavy atom. The molecule has 0 aromatic rings. The second kappa shape index (κ2) is 17.3. The van der Waals surface area contributed by atoms with Crippen molar-refractivity contribution in [2.24, 2.45) is 0 Å². The first-order valence-corrected chi connectivity index (χ1v) is 9.35. The quantitative estimate of drug-likeness (QED) is 0.222. The molecule has 7 heteroatoms. The summed E-state index contributed by atoms with van der Waals surface area (Å²) in [5.74, 6) is 0.0478. The fourth-order valence-corrected chi connectivity index (χ4v) is 3.30. The molecule has 1 rings (SSSR count). The molecule has 0 atom stereocenters. The maximum atomic E-state index is 10.9. The molecule has 0 radical (unpaired) electrons. The summed E-state index contributed by atoms with van der Waals surface area (Å²) >= 11 is 0. The van der Waals surface area contributed by atoms with Crippen LogP contribution in [0.25, 0.3) is 0 Å². The van der Waals surface area contributed by atoms with Crippen LogP contribution in [0, 0.1) is 0 Å². The summed E-state index contributed by atoms with van der Waals surface area (Å²) in [4.78, 5) is 13.0. The van der Waals surface area contributed by atoms with Crippen LogP contribution in [-0.4, -0.2) is 64.6 Å². The summed E-state index contributed by atoms with van der Waals surface area (Å²) in [6.07, 6.45) is 12.5. The van der Waals surface area contributed by atoms with Crippen LogP contribution >= 0.6 is 0 Å². The van der Waals surface area contributed by atoms with Crippen molar-refractivity contribution in [2.75, 3.05) is 32.8 Å². The predicted molar refractivity (Wildman–Crippen MR) is 92.4 cm³/mol. The standard InChI is InChI=1S/C18H34N2O3.Na.H2O/c1-2-3-4-5-6-7-8-9-10-11-17-19(14-15-21)12-13-20(17)16-18(22)23;;/h21H,2-16H2,1H3;;1H2/q;+1;/p-1. The molecule has 0 unspecified atom stereocenters. The minimum Gasteiger partial charge on any atom is -0.870 e. The molecule has 25 heavy (non-hydrogen) atoms. The van der Waals surface area contributed by atoms with Crippen LogP contribution in [0.5, 0.6) is 0 Å². The number of carboxylic acids is 1. The molecule has 0 aromatic heterocycles. The number of carboxylic acid groups (broad SMARTS) is 1. The van der Waals surface area contributed by atoms with Crippen molar-refractivity contribution >= 4 is 11.8 Å². The number of aliphatic hydroxyl groups is 1. The van der Waals surface area contributed by atoms with Crippen LogP contribution in [0.2, 0.25) is 0 Å². The van der Waals surface area contributed by atoms with Gasteiger partial charge in [-0.2, -0.15) is 0 Å². The Hall–Kier alpha value is -0.140. The molecular formula is C18H35N2NaO4. The number of unbranched alkanes of at least 4 members (excludes halogenated alkanes) is 8. The summed E-state index contributed by atoms with van der Waals surface area (Å²) in [5.41, 5.74) is 0. The van der Waals surface area contributed by atoms with Gasteiger partial charge in [0.05, 0.1) is 12.6 Å². The van der Waals surface area contributed by atoms with E-state index in [1.165, 1.54) is 51.4 Å². The maximum absolute atomic E-state index is 10.9. The fourth-order valence-electron chi connectivity index (χ4n) is 3.30. The summed E-state index contributed by atoms with van der Waals surface area (Å²) < 4.78 is 1.90. The van der Waals surface area contributed by atoms with E-state index in [9.17, 15) is 9.90 Å². The van der Waals surface area contributed by atoms with Crippen LogP contribution in [0.3, 0.4) is 0 Å². The maximum Gasteiger partial charge on any atom is 1.00 e. The third-order valence-corrected chi connectivity index (χ3v) is 4.56. The molecule has 0 saturated heterocycles. The molecule has 1 heterocycles. The van der Waals surface area contributed by atoms with E-state index in [1.54, 1.807) is 0 Å². The first kappa shape index (κ1) is 27.1. The predicted octanol–water partition coefficient (Wildman–Crippen LogP) is -1.80. The molecule has 0 fully saturated rings. The topological polar surface area (TPSA) is 96.6 Å².